The number of amides is 4. The molecule has 4 rings (SSSR count). The summed E-state index contributed by atoms with van der Waals surface area (Å²) < 4.78 is 13.2. The largest absolute Gasteiger partial charge is 0.329 e. The van der Waals surface area contributed by atoms with Crippen LogP contribution in [-0.4, -0.2) is 28.4 Å². The Balaban J connectivity index is 1.54. The van der Waals surface area contributed by atoms with Crippen LogP contribution in [0.25, 0.3) is 0 Å². The zero-order valence-electron chi connectivity index (χ0n) is 16.9. The fourth-order valence-electron chi connectivity index (χ4n) is 3.49. The summed E-state index contributed by atoms with van der Waals surface area (Å²) in [6.07, 6.45) is 1.69. The summed E-state index contributed by atoms with van der Waals surface area (Å²) in [4.78, 5) is 43.0. The van der Waals surface area contributed by atoms with Gasteiger partial charge in [0.25, 0.3) is 11.8 Å². The molecule has 32 heavy (non-hydrogen) atoms. The van der Waals surface area contributed by atoms with Gasteiger partial charge in [0, 0.05) is 18.3 Å². The van der Waals surface area contributed by atoms with Crippen LogP contribution in [0, 0.1) is 5.82 Å². The SMILES string of the molecule is C[C@@]1(Cc2ccc(F)cc2)NC(=O)N(c2ccc(NC(=O)c3ccccn3)cc2Cl)C1=O. The first kappa shape index (κ1) is 21.5. The average Bonchev–Trinajstić information content (AvgIpc) is 2.99. The molecule has 1 saturated heterocycles. The van der Waals surface area contributed by atoms with Gasteiger partial charge >= 0.3 is 6.03 Å². The molecule has 0 spiro atoms. The highest BCUT2D eigenvalue weighted by Crippen LogP contribution is 2.34. The number of nitrogens with one attached hydrogen (secondary N) is 2. The van der Waals surface area contributed by atoms with Gasteiger partial charge in [-0.3, -0.25) is 14.6 Å². The minimum Gasteiger partial charge on any atom is -0.323 e. The van der Waals surface area contributed by atoms with E-state index in [9.17, 15) is 18.8 Å². The first-order chi connectivity index (χ1) is 15.3. The normalized spacial score (nSPS) is 17.9. The van der Waals surface area contributed by atoms with Gasteiger partial charge in [-0.1, -0.05) is 29.8 Å². The van der Waals surface area contributed by atoms with Gasteiger partial charge < -0.3 is 10.6 Å². The van der Waals surface area contributed by atoms with Crippen molar-refractivity contribution in [2.45, 2.75) is 18.9 Å². The Kier molecular flexibility index (Phi) is 5.63. The Hall–Kier alpha value is -3.78. The van der Waals surface area contributed by atoms with E-state index in [-0.39, 0.29) is 28.6 Å². The molecule has 1 fully saturated rings. The van der Waals surface area contributed by atoms with Crippen LogP contribution in [0.5, 0.6) is 0 Å². The summed E-state index contributed by atoms with van der Waals surface area (Å²) in [5, 5.41) is 5.48. The Morgan fingerprint density at radius 2 is 1.91 bits per heavy atom. The zero-order chi connectivity index (χ0) is 22.9. The highest BCUT2D eigenvalue weighted by atomic mass is 35.5. The second-order valence-electron chi connectivity index (χ2n) is 7.54. The van der Waals surface area contributed by atoms with Crippen molar-refractivity contribution in [1.29, 1.82) is 0 Å². The van der Waals surface area contributed by atoms with E-state index in [1.165, 1.54) is 36.5 Å². The lowest BCUT2D eigenvalue weighted by Gasteiger charge is -2.22. The van der Waals surface area contributed by atoms with Gasteiger partial charge in [-0.05, 0) is 55.0 Å². The van der Waals surface area contributed by atoms with E-state index < -0.39 is 23.4 Å². The number of urea groups is 1. The monoisotopic (exact) mass is 452 g/mol. The summed E-state index contributed by atoms with van der Waals surface area (Å²) in [6, 6.07) is 14.5. The maximum atomic E-state index is 13.2. The van der Waals surface area contributed by atoms with Crippen molar-refractivity contribution in [3.05, 3.63) is 89.0 Å². The Bertz CT molecular complexity index is 1200. The Labute approximate surface area is 188 Å². The highest BCUT2D eigenvalue weighted by Gasteiger charge is 2.48. The predicted octanol–water partition coefficient (Wildman–Crippen LogP) is 4.18. The standard InChI is InChI=1S/C23H18ClFN4O3/c1-23(13-14-5-7-15(25)8-6-14)21(31)29(22(32)28-23)19-10-9-16(12-17(19)24)27-20(30)18-4-2-3-11-26-18/h2-12H,13H2,1H3,(H,27,30)(H,28,32)/t23-/m0/s1. The fraction of sp³-hybridized carbons (Fsp3) is 0.130. The molecule has 162 valence electrons. The molecule has 7 nitrogen and oxygen atoms in total. The van der Waals surface area contributed by atoms with Crippen LogP contribution in [-0.2, 0) is 11.2 Å². The van der Waals surface area contributed by atoms with Crippen LogP contribution in [0.3, 0.4) is 0 Å². The zero-order valence-corrected chi connectivity index (χ0v) is 17.7. The van der Waals surface area contributed by atoms with E-state index in [1.54, 1.807) is 37.3 Å². The molecule has 0 aliphatic carbocycles. The minimum absolute atomic E-state index is 0.110. The second kappa shape index (κ2) is 8.39. The number of anilines is 2. The van der Waals surface area contributed by atoms with E-state index in [2.05, 4.69) is 15.6 Å². The van der Waals surface area contributed by atoms with Crippen molar-refractivity contribution in [2.24, 2.45) is 0 Å². The van der Waals surface area contributed by atoms with Crippen molar-refractivity contribution in [2.75, 3.05) is 10.2 Å². The number of hydrogen-bond donors (Lipinski definition) is 2. The van der Waals surface area contributed by atoms with Gasteiger partial charge in [0.2, 0.25) is 0 Å². The van der Waals surface area contributed by atoms with Crippen molar-refractivity contribution in [1.82, 2.24) is 10.3 Å². The number of carbonyl (C=O) groups is 3. The maximum absolute atomic E-state index is 13.2. The second-order valence-corrected chi connectivity index (χ2v) is 7.95. The van der Waals surface area contributed by atoms with Crippen LogP contribution >= 0.6 is 11.6 Å². The van der Waals surface area contributed by atoms with E-state index in [1.807, 2.05) is 0 Å². The molecular formula is C23H18ClFN4O3. The van der Waals surface area contributed by atoms with Crippen molar-refractivity contribution < 1.29 is 18.8 Å². The lowest BCUT2D eigenvalue weighted by atomic mass is 9.92. The summed E-state index contributed by atoms with van der Waals surface area (Å²) >= 11 is 6.36. The van der Waals surface area contributed by atoms with Crippen LogP contribution in [0.2, 0.25) is 5.02 Å². The molecule has 9 heteroatoms. The molecule has 2 N–H and O–H groups in total. The summed E-state index contributed by atoms with van der Waals surface area (Å²) in [5.74, 6) is -1.29. The van der Waals surface area contributed by atoms with Gasteiger partial charge in [-0.25, -0.2) is 14.1 Å². The smallest absolute Gasteiger partial charge is 0.323 e. The summed E-state index contributed by atoms with van der Waals surface area (Å²) in [6.45, 7) is 1.60. The van der Waals surface area contributed by atoms with E-state index in [0.29, 0.717) is 11.3 Å². The number of carbonyl (C=O) groups excluding carboxylic acids is 3. The van der Waals surface area contributed by atoms with E-state index in [4.69, 9.17) is 11.6 Å². The number of nitrogens with zero attached hydrogens (tertiary/aromatic N) is 2. The molecule has 1 aromatic heterocycles. The number of imide groups is 1. The number of hydrogen-bond acceptors (Lipinski definition) is 4. The molecule has 4 amide bonds. The minimum atomic E-state index is -1.22. The van der Waals surface area contributed by atoms with Gasteiger partial charge in [0.05, 0.1) is 10.7 Å². The summed E-state index contributed by atoms with van der Waals surface area (Å²) in [5.41, 5.74) is 0.286. The van der Waals surface area contributed by atoms with Crippen molar-refractivity contribution in [3.8, 4) is 0 Å². The first-order valence-electron chi connectivity index (χ1n) is 9.70. The van der Waals surface area contributed by atoms with Crippen LogP contribution in [0.15, 0.2) is 66.9 Å². The molecule has 0 unspecified atom stereocenters. The molecular weight excluding hydrogens is 435 g/mol. The van der Waals surface area contributed by atoms with Crippen LogP contribution in [0.4, 0.5) is 20.6 Å². The highest BCUT2D eigenvalue weighted by molar-refractivity contribution is 6.36. The molecule has 1 aliphatic rings. The average molecular weight is 453 g/mol. The van der Waals surface area contributed by atoms with E-state index >= 15 is 0 Å². The van der Waals surface area contributed by atoms with Crippen LogP contribution < -0.4 is 15.5 Å². The third-order valence-corrected chi connectivity index (χ3v) is 5.38. The Morgan fingerprint density at radius 3 is 2.56 bits per heavy atom. The van der Waals surface area contributed by atoms with E-state index in [0.717, 1.165) is 4.90 Å². The quantitative estimate of drug-likeness (QED) is 0.568. The van der Waals surface area contributed by atoms with Gasteiger partial charge in [-0.2, -0.15) is 0 Å². The summed E-state index contributed by atoms with van der Waals surface area (Å²) in [7, 11) is 0. The third kappa shape index (κ3) is 4.17. The topological polar surface area (TPSA) is 91.4 Å². The maximum Gasteiger partial charge on any atom is 0.329 e. The molecule has 2 aromatic carbocycles. The Morgan fingerprint density at radius 1 is 1.16 bits per heavy atom. The number of pyridine rings is 1. The molecule has 1 atom stereocenters. The lowest BCUT2D eigenvalue weighted by Crippen LogP contribution is -2.46. The predicted molar refractivity (Wildman–Crippen MR) is 118 cm³/mol. The molecule has 0 saturated carbocycles. The molecule has 1 aliphatic heterocycles. The van der Waals surface area contributed by atoms with Gasteiger partial charge in [-0.15, -0.1) is 0 Å². The molecule has 3 aromatic rings. The first-order valence-corrected chi connectivity index (χ1v) is 10.1. The molecule has 0 radical (unpaired) electrons. The molecule has 2 heterocycles. The number of rotatable bonds is 5. The number of halogens is 2. The fourth-order valence-corrected chi connectivity index (χ4v) is 3.76. The van der Waals surface area contributed by atoms with Crippen molar-refractivity contribution >= 4 is 40.8 Å². The molecule has 0 bridgehead atoms. The van der Waals surface area contributed by atoms with Crippen LogP contribution in [0.1, 0.15) is 23.0 Å². The third-order valence-electron chi connectivity index (χ3n) is 5.08. The van der Waals surface area contributed by atoms with Crippen molar-refractivity contribution in [3.63, 3.8) is 0 Å². The lowest BCUT2D eigenvalue weighted by molar-refractivity contribution is -0.121. The van der Waals surface area contributed by atoms with Gasteiger partial charge in [0.15, 0.2) is 0 Å². The number of benzene rings is 2. The number of aromatic nitrogens is 1. The van der Waals surface area contributed by atoms with Gasteiger partial charge in [0.1, 0.15) is 17.1 Å².